The van der Waals surface area contributed by atoms with Crippen LogP contribution in [0.15, 0.2) is 42.6 Å². The van der Waals surface area contributed by atoms with Gasteiger partial charge in [-0.15, -0.1) is 0 Å². The Bertz CT molecular complexity index is 940. The van der Waals surface area contributed by atoms with Gasteiger partial charge in [-0.25, -0.2) is 4.79 Å². The van der Waals surface area contributed by atoms with Crippen LogP contribution < -0.4 is 10.5 Å². The maximum Gasteiger partial charge on any atom is 0.354 e. The van der Waals surface area contributed by atoms with E-state index in [1.165, 1.54) is 0 Å². The third-order valence-electron chi connectivity index (χ3n) is 3.67. The average Bonchev–Trinajstić information content (AvgIpc) is 3.12. The molecule has 0 spiro atoms. The SMILES string of the molecule is CCOC(=O)c1cc2cc(OCCCOC)cc(N)c2[nH]1.O.O.S=c1cccc[nH]1. The van der Waals surface area contributed by atoms with Crippen molar-refractivity contribution in [2.45, 2.75) is 13.3 Å². The van der Waals surface area contributed by atoms with E-state index in [0.717, 1.165) is 16.4 Å². The van der Waals surface area contributed by atoms with Crippen molar-refractivity contribution in [1.82, 2.24) is 9.97 Å². The highest BCUT2D eigenvalue weighted by Crippen LogP contribution is 2.28. The number of ether oxygens (including phenoxy) is 3. The van der Waals surface area contributed by atoms with Gasteiger partial charge in [-0.1, -0.05) is 18.3 Å². The first-order valence-electron chi connectivity index (χ1n) is 8.90. The van der Waals surface area contributed by atoms with E-state index in [2.05, 4.69) is 9.97 Å². The molecule has 0 bridgehead atoms. The number of fused-ring (bicyclic) bond motifs is 1. The van der Waals surface area contributed by atoms with E-state index in [-0.39, 0.29) is 11.0 Å². The number of carbonyl (C=O) groups is 1. The predicted molar refractivity (Wildman–Crippen MR) is 120 cm³/mol. The summed E-state index contributed by atoms with van der Waals surface area (Å²) in [6, 6.07) is 10.9. The minimum absolute atomic E-state index is 0. The second kappa shape index (κ2) is 14.1. The summed E-state index contributed by atoms with van der Waals surface area (Å²) in [7, 11) is 1.65. The summed E-state index contributed by atoms with van der Waals surface area (Å²) in [4.78, 5) is 17.5. The maximum absolute atomic E-state index is 11.7. The molecule has 3 rings (SSSR count). The van der Waals surface area contributed by atoms with Crippen LogP contribution in [0, 0.1) is 4.64 Å². The quantitative estimate of drug-likeness (QED) is 0.221. The number of carbonyl (C=O) groups excluding carboxylic acids is 1. The molecule has 10 heteroatoms. The molecule has 0 saturated heterocycles. The minimum atomic E-state index is -0.393. The van der Waals surface area contributed by atoms with Crippen molar-refractivity contribution >= 4 is 34.8 Å². The lowest BCUT2D eigenvalue weighted by molar-refractivity contribution is 0.0520. The number of nitrogens with one attached hydrogen (secondary N) is 2. The normalized spacial score (nSPS) is 9.53. The van der Waals surface area contributed by atoms with Gasteiger partial charge in [0.1, 0.15) is 16.1 Å². The lowest BCUT2D eigenvalue weighted by Crippen LogP contribution is -2.04. The minimum Gasteiger partial charge on any atom is -0.493 e. The molecule has 3 aromatic rings. The number of methoxy groups -OCH3 is 1. The highest BCUT2D eigenvalue weighted by Gasteiger charge is 2.13. The smallest absolute Gasteiger partial charge is 0.354 e. The van der Waals surface area contributed by atoms with E-state index in [4.69, 9.17) is 32.2 Å². The summed E-state index contributed by atoms with van der Waals surface area (Å²) in [6.45, 7) is 3.29. The molecule has 2 aromatic heterocycles. The van der Waals surface area contributed by atoms with Crippen molar-refractivity contribution in [2.24, 2.45) is 0 Å². The Morgan fingerprint density at radius 3 is 2.50 bits per heavy atom. The van der Waals surface area contributed by atoms with Gasteiger partial charge < -0.3 is 40.9 Å². The zero-order valence-corrected chi connectivity index (χ0v) is 17.8. The molecule has 1 aromatic carbocycles. The standard InChI is InChI=1S/C15H20N2O4.C5H5NS.2H2O/c1-3-20-15(18)13-8-10-7-11(21-6-4-5-19-2)9-12(16)14(10)17-13;7-5-3-1-2-4-6-5;;/h7-9,17H,3-6,16H2,1-2H3;1-4H,(H,6,7);2*1H2. The molecule has 0 fully saturated rings. The lowest BCUT2D eigenvalue weighted by atomic mass is 10.2. The number of hydrogen-bond acceptors (Lipinski definition) is 6. The zero-order chi connectivity index (χ0) is 20.4. The fraction of sp³-hybridized carbons (Fsp3) is 0.300. The molecule has 0 aliphatic rings. The topological polar surface area (TPSA) is 165 Å². The van der Waals surface area contributed by atoms with Crippen molar-refractivity contribution in [2.75, 3.05) is 32.7 Å². The summed E-state index contributed by atoms with van der Waals surface area (Å²) in [5.74, 6) is 0.279. The van der Waals surface area contributed by atoms with Crippen LogP contribution in [0.4, 0.5) is 5.69 Å². The molecule has 0 radical (unpaired) electrons. The van der Waals surface area contributed by atoms with E-state index in [1.807, 2.05) is 30.5 Å². The highest BCUT2D eigenvalue weighted by molar-refractivity contribution is 7.71. The largest absolute Gasteiger partial charge is 0.493 e. The second-order valence-electron chi connectivity index (χ2n) is 5.80. The number of rotatable bonds is 7. The number of benzene rings is 1. The molecule has 0 aliphatic carbocycles. The zero-order valence-electron chi connectivity index (χ0n) is 17.0. The Labute approximate surface area is 179 Å². The summed E-state index contributed by atoms with van der Waals surface area (Å²) in [5, 5.41) is 0.819. The van der Waals surface area contributed by atoms with Crippen LogP contribution in [-0.4, -0.2) is 53.8 Å². The Morgan fingerprint density at radius 1 is 1.17 bits per heavy atom. The molecule has 0 amide bonds. The number of hydrogen-bond donors (Lipinski definition) is 3. The number of esters is 1. The number of nitrogen functional groups attached to an aromatic ring is 1. The van der Waals surface area contributed by atoms with Crippen molar-refractivity contribution < 1.29 is 30.0 Å². The molecule has 30 heavy (non-hydrogen) atoms. The molecular weight excluding hydrogens is 410 g/mol. The Morgan fingerprint density at radius 2 is 1.93 bits per heavy atom. The fourth-order valence-corrected chi connectivity index (χ4v) is 2.56. The Balaban J connectivity index is 0.000000797. The molecule has 8 N–H and O–H groups in total. The predicted octanol–water partition coefficient (Wildman–Crippen LogP) is 2.44. The van der Waals surface area contributed by atoms with Crippen LogP contribution in [0.1, 0.15) is 23.8 Å². The number of pyridine rings is 1. The van der Waals surface area contributed by atoms with E-state index in [1.54, 1.807) is 26.2 Å². The molecule has 166 valence electrons. The van der Waals surface area contributed by atoms with Gasteiger partial charge in [0, 0.05) is 37.8 Å². The van der Waals surface area contributed by atoms with Crippen LogP contribution in [0.25, 0.3) is 10.9 Å². The van der Waals surface area contributed by atoms with Crippen molar-refractivity contribution in [3.8, 4) is 5.75 Å². The van der Waals surface area contributed by atoms with Gasteiger partial charge >= 0.3 is 5.97 Å². The van der Waals surface area contributed by atoms with Gasteiger partial charge in [0.25, 0.3) is 0 Å². The number of aromatic nitrogens is 2. The van der Waals surface area contributed by atoms with Gasteiger partial charge in [-0.05, 0) is 31.2 Å². The van der Waals surface area contributed by atoms with Crippen LogP contribution in [0.5, 0.6) is 5.75 Å². The average molecular weight is 440 g/mol. The number of H-pyrrole nitrogens is 2. The fourth-order valence-electron chi connectivity index (χ4n) is 2.42. The summed E-state index contributed by atoms with van der Waals surface area (Å²) in [5.41, 5.74) is 7.61. The van der Waals surface area contributed by atoms with Crippen molar-refractivity contribution in [3.05, 3.63) is 52.9 Å². The number of anilines is 1. The maximum atomic E-state index is 11.7. The van der Waals surface area contributed by atoms with Gasteiger partial charge in [0.2, 0.25) is 0 Å². The molecule has 0 unspecified atom stereocenters. The molecule has 2 heterocycles. The van der Waals surface area contributed by atoms with Gasteiger partial charge in [-0.3, -0.25) is 0 Å². The number of nitrogens with two attached hydrogens (primary N) is 1. The van der Waals surface area contributed by atoms with E-state index >= 15 is 0 Å². The second-order valence-corrected chi connectivity index (χ2v) is 6.24. The lowest BCUT2D eigenvalue weighted by Gasteiger charge is -2.07. The van der Waals surface area contributed by atoms with Gasteiger partial charge in [0.15, 0.2) is 0 Å². The highest BCUT2D eigenvalue weighted by atomic mass is 32.1. The van der Waals surface area contributed by atoms with E-state index < -0.39 is 5.97 Å². The first-order chi connectivity index (χ1) is 13.5. The summed E-state index contributed by atoms with van der Waals surface area (Å²) >= 11 is 4.76. The van der Waals surface area contributed by atoms with Crippen molar-refractivity contribution in [3.63, 3.8) is 0 Å². The first-order valence-corrected chi connectivity index (χ1v) is 9.30. The van der Waals surface area contributed by atoms with Gasteiger partial charge in [0.05, 0.1) is 24.4 Å². The molecule has 0 aliphatic heterocycles. The summed E-state index contributed by atoms with van der Waals surface area (Å²) in [6.07, 6.45) is 2.61. The van der Waals surface area contributed by atoms with E-state index in [9.17, 15) is 4.79 Å². The molecular formula is C20H29N3O6S. The summed E-state index contributed by atoms with van der Waals surface area (Å²) < 4.78 is 16.3. The molecule has 0 atom stereocenters. The van der Waals surface area contributed by atoms with Crippen molar-refractivity contribution in [1.29, 1.82) is 0 Å². The van der Waals surface area contributed by atoms with Crippen LogP contribution in [-0.2, 0) is 9.47 Å². The molecule has 0 saturated carbocycles. The van der Waals surface area contributed by atoms with Crippen LogP contribution >= 0.6 is 12.2 Å². The third-order valence-corrected chi connectivity index (χ3v) is 3.92. The number of aromatic amines is 2. The Hall–Kier alpha value is -2.92. The first kappa shape index (κ1) is 27.1. The van der Waals surface area contributed by atoms with Crippen LogP contribution in [0.2, 0.25) is 0 Å². The third kappa shape index (κ3) is 8.21. The van der Waals surface area contributed by atoms with E-state index in [0.29, 0.717) is 42.5 Å². The van der Waals surface area contributed by atoms with Gasteiger partial charge in [-0.2, -0.15) is 0 Å². The van der Waals surface area contributed by atoms with Crippen LogP contribution in [0.3, 0.4) is 0 Å². The monoisotopic (exact) mass is 439 g/mol. The molecule has 9 nitrogen and oxygen atoms in total. The Kier molecular flexibility index (Phi) is 12.7.